The van der Waals surface area contributed by atoms with E-state index in [1.54, 1.807) is 11.3 Å². The van der Waals surface area contributed by atoms with Crippen LogP contribution in [-0.4, -0.2) is 19.1 Å². The number of benzene rings is 2. The summed E-state index contributed by atoms with van der Waals surface area (Å²) in [5.41, 5.74) is 10.7. The summed E-state index contributed by atoms with van der Waals surface area (Å²) < 4.78 is 0. The van der Waals surface area contributed by atoms with E-state index in [2.05, 4.69) is 46.7 Å². The number of hydrogen-bond donors (Lipinski definition) is 1. The van der Waals surface area contributed by atoms with Gasteiger partial charge in [0.2, 0.25) is 0 Å². The second kappa shape index (κ2) is 6.30. The first kappa shape index (κ1) is 14.8. The zero-order chi connectivity index (χ0) is 15.5. The minimum atomic E-state index is -0.182. The number of aromatic nitrogens is 1. The van der Waals surface area contributed by atoms with Crippen molar-refractivity contribution in [1.82, 2.24) is 4.98 Å². The fourth-order valence-corrected chi connectivity index (χ4v) is 3.15. The third kappa shape index (κ3) is 3.03. The quantitative estimate of drug-likeness (QED) is 0.794. The van der Waals surface area contributed by atoms with Crippen LogP contribution in [0.2, 0.25) is 0 Å². The summed E-state index contributed by atoms with van der Waals surface area (Å²) in [7, 11) is 4.06. The van der Waals surface area contributed by atoms with Crippen LogP contribution in [0.25, 0.3) is 11.3 Å². The van der Waals surface area contributed by atoms with Crippen LogP contribution in [0.15, 0.2) is 60.0 Å². The van der Waals surface area contributed by atoms with Crippen molar-refractivity contribution in [3.05, 3.63) is 70.5 Å². The minimum Gasteiger partial charge on any atom is -0.378 e. The zero-order valence-electron chi connectivity index (χ0n) is 12.7. The predicted octanol–water partition coefficient (Wildman–Crippen LogP) is 3.92. The summed E-state index contributed by atoms with van der Waals surface area (Å²) in [6, 6.07) is 18.3. The largest absolute Gasteiger partial charge is 0.378 e. The molecule has 2 aromatic carbocycles. The Morgan fingerprint density at radius 2 is 1.68 bits per heavy atom. The number of nitrogens with zero attached hydrogens (tertiary/aromatic N) is 2. The van der Waals surface area contributed by atoms with Gasteiger partial charge in [-0.3, -0.25) is 0 Å². The lowest BCUT2D eigenvalue weighted by molar-refractivity contribution is 0.858. The number of nitrogens with two attached hydrogens (primary N) is 1. The Hall–Kier alpha value is -2.17. The number of anilines is 1. The molecule has 0 saturated heterocycles. The van der Waals surface area contributed by atoms with Crippen LogP contribution in [0, 0.1) is 0 Å². The second-order valence-electron chi connectivity index (χ2n) is 5.40. The van der Waals surface area contributed by atoms with Gasteiger partial charge >= 0.3 is 0 Å². The topological polar surface area (TPSA) is 42.1 Å². The Morgan fingerprint density at radius 3 is 2.32 bits per heavy atom. The Labute approximate surface area is 135 Å². The van der Waals surface area contributed by atoms with E-state index >= 15 is 0 Å². The third-order valence-electron chi connectivity index (χ3n) is 3.63. The second-order valence-corrected chi connectivity index (χ2v) is 6.29. The molecule has 0 saturated carbocycles. The molecule has 4 heteroatoms. The van der Waals surface area contributed by atoms with E-state index in [1.165, 1.54) is 5.69 Å². The summed E-state index contributed by atoms with van der Waals surface area (Å²) in [5.74, 6) is 0. The summed E-state index contributed by atoms with van der Waals surface area (Å²) in [4.78, 5) is 6.77. The van der Waals surface area contributed by atoms with Crippen LogP contribution >= 0.6 is 11.3 Å². The summed E-state index contributed by atoms with van der Waals surface area (Å²) in [6.45, 7) is 0. The van der Waals surface area contributed by atoms with Crippen molar-refractivity contribution in [1.29, 1.82) is 0 Å². The van der Waals surface area contributed by atoms with Crippen molar-refractivity contribution in [3.63, 3.8) is 0 Å². The highest BCUT2D eigenvalue weighted by molar-refractivity contribution is 7.10. The maximum Gasteiger partial charge on any atom is 0.115 e. The van der Waals surface area contributed by atoms with Crippen LogP contribution < -0.4 is 10.6 Å². The molecule has 0 bridgehead atoms. The third-order valence-corrected chi connectivity index (χ3v) is 4.55. The van der Waals surface area contributed by atoms with Gasteiger partial charge in [0.05, 0.1) is 11.7 Å². The van der Waals surface area contributed by atoms with Crippen molar-refractivity contribution < 1.29 is 0 Å². The highest BCUT2D eigenvalue weighted by atomic mass is 32.1. The van der Waals surface area contributed by atoms with Gasteiger partial charge in [0.15, 0.2) is 0 Å². The molecule has 2 N–H and O–H groups in total. The Kier molecular flexibility index (Phi) is 4.22. The van der Waals surface area contributed by atoms with E-state index in [4.69, 9.17) is 10.7 Å². The fraction of sp³-hybridized carbons (Fsp3) is 0.167. The van der Waals surface area contributed by atoms with Gasteiger partial charge in [-0.1, -0.05) is 42.5 Å². The molecular formula is C18H19N3S. The van der Waals surface area contributed by atoms with Gasteiger partial charge in [-0.05, 0) is 17.7 Å². The molecule has 3 aromatic rings. The average molecular weight is 309 g/mol. The molecule has 1 unspecified atom stereocenters. The molecule has 3 rings (SSSR count). The van der Waals surface area contributed by atoms with Gasteiger partial charge in [0.1, 0.15) is 5.01 Å². The first-order valence-corrected chi connectivity index (χ1v) is 8.07. The molecule has 1 atom stereocenters. The van der Waals surface area contributed by atoms with Crippen molar-refractivity contribution in [2.75, 3.05) is 19.0 Å². The van der Waals surface area contributed by atoms with Crippen LogP contribution in [0.5, 0.6) is 0 Å². The summed E-state index contributed by atoms with van der Waals surface area (Å²) in [5, 5.41) is 3.01. The maximum atomic E-state index is 6.37. The maximum absolute atomic E-state index is 6.37. The molecule has 22 heavy (non-hydrogen) atoms. The Bertz CT molecular complexity index is 733. The van der Waals surface area contributed by atoms with Gasteiger partial charge < -0.3 is 10.6 Å². The predicted molar refractivity (Wildman–Crippen MR) is 94.3 cm³/mol. The van der Waals surface area contributed by atoms with Gasteiger partial charge in [0.25, 0.3) is 0 Å². The molecule has 112 valence electrons. The number of hydrogen-bond acceptors (Lipinski definition) is 4. The number of rotatable bonds is 4. The standard InChI is InChI=1S/C18H19N3S/c1-21(2)15-10-8-14(9-11-15)17(19)18-20-16(12-22-18)13-6-4-3-5-7-13/h3-12,17H,19H2,1-2H3. The fourth-order valence-electron chi connectivity index (χ4n) is 2.29. The highest BCUT2D eigenvalue weighted by Gasteiger charge is 2.14. The number of thiazole rings is 1. The SMILES string of the molecule is CN(C)c1ccc(C(N)c2nc(-c3ccccc3)cs2)cc1. The van der Waals surface area contributed by atoms with Crippen molar-refractivity contribution in [2.24, 2.45) is 5.73 Å². The van der Waals surface area contributed by atoms with Gasteiger partial charge in [-0.2, -0.15) is 0 Å². The van der Waals surface area contributed by atoms with Gasteiger partial charge in [-0.25, -0.2) is 4.98 Å². The summed E-state index contributed by atoms with van der Waals surface area (Å²) >= 11 is 1.61. The molecule has 0 fully saturated rings. The highest BCUT2D eigenvalue weighted by Crippen LogP contribution is 2.28. The van der Waals surface area contributed by atoms with E-state index in [1.807, 2.05) is 32.3 Å². The minimum absolute atomic E-state index is 0.182. The first-order valence-electron chi connectivity index (χ1n) is 7.19. The van der Waals surface area contributed by atoms with Gasteiger partial charge in [0, 0.05) is 30.7 Å². The molecule has 0 aliphatic carbocycles. The van der Waals surface area contributed by atoms with E-state index in [-0.39, 0.29) is 6.04 Å². The molecule has 0 aliphatic rings. The molecule has 0 radical (unpaired) electrons. The van der Waals surface area contributed by atoms with Crippen LogP contribution in [0.4, 0.5) is 5.69 Å². The molecule has 1 heterocycles. The van der Waals surface area contributed by atoms with E-state index in [0.29, 0.717) is 0 Å². The summed E-state index contributed by atoms with van der Waals surface area (Å²) in [6.07, 6.45) is 0. The molecule has 0 spiro atoms. The molecule has 1 aromatic heterocycles. The average Bonchev–Trinajstić information content (AvgIpc) is 3.05. The first-order chi connectivity index (χ1) is 10.6. The zero-order valence-corrected chi connectivity index (χ0v) is 13.5. The lowest BCUT2D eigenvalue weighted by atomic mass is 10.1. The normalized spacial score (nSPS) is 12.1. The molecular weight excluding hydrogens is 290 g/mol. The molecule has 0 amide bonds. The van der Waals surface area contributed by atoms with Crippen molar-refractivity contribution >= 4 is 17.0 Å². The monoisotopic (exact) mass is 309 g/mol. The Balaban J connectivity index is 1.83. The van der Waals surface area contributed by atoms with Crippen LogP contribution in [0.3, 0.4) is 0 Å². The van der Waals surface area contributed by atoms with Crippen molar-refractivity contribution in [3.8, 4) is 11.3 Å². The molecule has 0 aliphatic heterocycles. The van der Waals surface area contributed by atoms with Crippen molar-refractivity contribution in [2.45, 2.75) is 6.04 Å². The van der Waals surface area contributed by atoms with Crippen LogP contribution in [0.1, 0.15) is 16.6 Å². The molecule has 3 nitrogen and oxygen atoms in total. The van der Waals surface area contributed by atoms with E-state index in [0.717, 1.165) is 21.8 Å². The van der Waals surface area contributed by atoms with Crippen LogP contribution in [-0.2, 0) is 0 Å². The van der Waals surface area contributed by atoms with E-state index in [9.17, 15) is 0 Å². The van der Waals surface area contributed by atoms with E-state index < -0.39 is 0 Å². The smallest absolute Gasteiger partial charge is 0.115 e. The van der Waals surface area contributed by atoms with Gasteiger partial charge in [-0.15, -0.1) is 11.3 Å². The Morgan fingerprint density at radius 1 is 1.00 bits per heavy atom. The lowest BCUT2D eigenvalue weighted by Crippen LogP contribution is -2.12. The lowest BCUT2D eigenvalue weighted by Gasteiger charge is -2.14.